The van der Waals surface area contributed by atoms with Crippen molar-refractivity contribution in [2.75, 3.05) is 12.0 Å². The molecule has 5 nitrogen and oxygen atoms in total. The molecule has 3 aromatic rings. The van der Waals surface area contributed by atoms with Gasteiger partial charge in [0, 0.05) is 5.92 Å². The molecule has 0 N–H and O–H groups in total. The summed E-state index contributed by atoms with van der Waals surface area (Å²) in [6.45, 7) is 0. The summed E-state index contributed by atoms with van der Waals surface area (Å²) in [7, 11) is 1.31. The minimum Gasteiger partial charge on any atom is -0.465 e. The number of nitrogens with zero attached hydrogens (tertiary/aromatic N) is 1. The van der Waals surface area contributed by atoms with Gasteiger partial charge in [0.1, 0.15) is 0 Å². The van der Waals surface area contributed by atoms with Crippen LogP contribution < -0.4 is 4.90 Å². The predicted octanol–water partition coefficient (Wildman–Crippen LogP) is 4.38. The summed E-state index contributed by atoms with van der Waals surface area (Å²) in [5.74, 6) is -2.12. The van der Waals surface area contributed by atoms with E-state index < -0.39 is 22.1 Å². The summed E-state index contributed by atoms with van der Waals surface area (Å²) in [6.07, 6.45) is 0. The smallest absolute Gasteiger partial charge is 0.337 e. The molecule has 1 saturated heterocycles. The highest BCUT2D eigenvalue weighted by molar-refractivity contribution is 9.09. The zero-order valence-electron chi connectivity index (χ0n) is 17.1. The number of anilines is 1. The molecule has 3 aliphatic carbocycles. The second-order valence-electron chi connectivity index (χ2n) is 8.42. The third-order valence-electron chi connectivity index (χ3n) is 7.06. The molecular weight excluding hydrogens is 470 g/mol. The summed E-state index contributed by atoms with van der Waals surface area (Å²) >= 11 is 3.98. The number of carbonyl (C=O) groups is 3. The lowest BCUT2D eigenvalue weighted by atomic mass is 9.55. The quantitative estimate of drug-likeness (QED) is 0.305. The number of ether oxygens (including phenoxy) is 1. The molecule has 0 unspecified atom stereocenters. The minimum atomic E-state index is -0.771. The van der Waals surface area contributed by atoms with Crippen molar-refractivity contribution in [1.29, 1.82) is 0 Å². The molecule has 6 heteroatoms. The molecule has 1 fully saturated rings. The number of carbonyl (C=O) groups excluding carboxylic acids is 3. The normalized spacial score (nSPS) is 27.1. The molecular formula is C26H18BrNO4. The van der Waals surface area contributed by atoms with Gasteiger partial charge in [0.25, 0.3) is 0 Å². The summed E-state index contributed by atoms with van der Waals surface area (Å²) in [4.78, 5) is 40.7. The number of amides is 2. The Hall–Kier alpha value is -3.25. The Kier molecular flexibility index (Phi) is 4.02. The molecule has 158 valence electrons. The third-order valence-corrected chi connectivity index (χ3v) is 8.41. The maximum Gasteiger partial charge on any atom is 0.337 e. The van der Waals surface area contributed by atoms with E-state index in [-0.39, 0.29) is 17.7 Å². The lowest BCUT2D eigenvalue weighted by Gasteiger charge is -2.51. The Morgan fingerprint density at radius 3 is 2.00 bits per heavy atom. The monoisotopic (exact) mass is 487 g/mol. The Balaban J connectivity index is 1.52. The van der Waals surface area contributed by atoms with Crippen LogP contribution in [0.2, 0.25) is 0 Å². The van der Waals surface area contributed by atoms with Crippen LogP contribution in [0.15, 0.2) is 72.8 Å². The van der Waals surface area contributed by atoms with Crippen molar-refractivity contribution in [2.24, 2.45) is 11.8 Å². The summed E-state index contributed by atoms with van der Waals surface area (Å²) in [5, 5.41) is 0. The number of benzene rings is 3. The van der Waals surface area contributed by atoms with E-state index in [2.05, 4.69) is 40.2 Å². The van der Waals surface area contributed by atoms with Gasteiger partial charge in [-0.3, -0.25) is 9.59 Å². The van der Waals surface area contributed by atoms with Gasteiger partial charge in [-0.05, 0) is 46.5 Å². The van der Waals surface area contributed by atoms with E-state index in [9.17, 15) is 14.4 Å². The molecule has 4 aliphatic rings. The van der Waals surface area contributed by atoms with Crippen molar-refractivity contribution >= 4 is 39.4 Å². The van der Waals surface area contributed by atoms with Gasteiger partial charge in [-0.2, -0.15) is 0 Å². The molecule has 1 heterocycles. The first kappa shape index (κ1) is 19.4. The topological polar surface area (TPSA) is 63.7 Å². The van der Waals surface area contributed by atoms with Gasteiger partial charge in [-0.1, -0.05) is 64.5 Å². The van der Waals surface area contributed by atoms with Gasteiger partial charge in [0.2, 0.25) is 11.8 Å². The molecule has 1 aliphatic heterocycles. The number of alkyl halides is 1. The largest absolute Gasteiger partial charge is 0.465 e. The zero-order valence-corrected chi connectivity index (χ0v) is 18.7. The van der Waals surface area contributed by atoms with E-state index in [1.165, 1.54) is 12.0 Å². The SMILES string of the molecule is COC(=O)c1ccc(N2C(=O)[C@@H]3C4c5ccccc5C(Br)(c5ccccc54)[C@@H]3C2=O)cc1. The van der Waals surface area contributed by atoms with Crippen LogP contribution in [0.5, 0.6) is 0 Å². The average Bonchev–Trinajstić information content (AvgIpc) is 3.10. The third kappa shape index (κ3) is 2.25. The van der Waals surface area contributed by atoms with Gasteiger partial charge < -0.3 is 4.74 Å². The number of methoxy groups -OCH3 is 1. The van der Waals surface area contributed by atoms with Crippen LogP contribution in [0.4, 0.5) is 5.69 Å². The van der Waals surface area contributed by atoms with Crippen LogP contribution in [-0.2, 0) is 18.7 Å². The minimum absolute atomic E-state index is 0.178. The number of halogens is 1. The van der Waals surface area contributed by atoms with Crippen LogP contribution in [-0.4, -0.2) is 24.9 Å². The Morgan fingerprint density at radius 1 is 0.875 bits per heavy atom. The molecule has 2 atom stereocenters. The van der Waals surface area contributed by atoms with E-state index in [0.717, 1.165) is 22.3 Å². The van der Waals surface area contributed by atoms with E-state index >= 15 is 0 Å². The molecule has 3 aromatic carbocycles. The molecule has 2 amide bonds. The van der Waals surface area contributed by atoms with E-state index in [1.807, 2.05) is 24.3 Å². The van der Waals surface area contributed by atoms with Gasteiger partial charge >= 0.3 is 5.97 Å². The molecule has 0 saturated carbocycles. The van der Waals surface area contributed by atoms with Crippen molar-refractivity contribution in [3.05, 3.63) is 101 Å². The number of hydrogen-bond acceptors (Lipinski definition) is 4. The second-order valence-corrected chi connectivity index (χ2v) is 9.67. The molecule has 32 heavy (non-hydrogen) atoms. The Morgan fingerprint density at radius 2 is 1.44 bits per heavy atom. The fourth-order valence-electron chi connectivity index (χ4n) is 5.80. The first-order valence-corrected chi connectivity index (χ1v) is 11.2. The molecule has 2 bridgehead atoms. The molecule has 0 spiro atoms. The van der Waals surface area contributed by atoms with Gasteiger partial charge in [-0.15, -0.1) is 0 Å². The fourth-order valence-corrected chi connectivity index (χ4v) is 7.00. The maximum atomic E-state index is 13.8. The molecule has 0 radical (unpaired) electrons. The van der Waals surface area contributed by atoms with Crippen LogP contribution >= 0.6 is 15.9 Å². The first-order chi connectivity index (χ1) is 15.5. The Bertz CT molecular complexity index is 1270. The highest BCUT2D eigenvalue weighted by Gasteiger charge is 2.67. The second kappa shape index (κ2) is 6.62. The molecule has 7 rings (SSSR count). The number of imide groups is 1. The number of esters is 1. The van der Waals surface area contributed by atoms with Crippen LogP contribution in [0.3, 0.4) is 0 Å². The van der Waals surface area contributed by atoms with Crippen molar-refractivity contribution in [3.63, 3.8) is 0 Å². The number of hydrogen-bond donors (Lipinski definition) is 0. The lowest BCUT2D eigenvalue weighted by molar-refractivity contribution is -0.122. The maximum absolute atomic E-state index is 13.8. The summed E-state index contributed by atoms with van der Waals surface area (Å²) in [6, 6.07) is 22.6. The van der Waals surface area contributed by atoms with Gasteiger partial charge in [0.15, 0.2) is 0 Å². The van der Waals surface area contributed by atoms with Gasteiger partial charge in [-0.25, -0.2) is 9.69 Å². The lowest BCUT2D eigenvalue weighted by Crippen LogP contribution is -2.50. The zero-order chi connectivity index (χ0) is 22.2. The van der Waals surface area contributed by atoms with Crippen molar-refractivity contribution < 1.29 is 19.1 Å². The summed E-state index contributed by atoms with van der Waals surface area (Å²) in [5.41, 5.74) is 5.11. The van der Waals surface area contributed by atoms with Gasteiger partial charge in [0.05, 0.1) is 34.5 Å². The highest BCUT2D eigenvalue weighted by Crippen LogP contribution is 2.66. The van der Waals surface area contributed by atoms with Crippen molar-refractivity contribution in [2.45, 2.75) is 10.2 Å². The standard InChI is InChI=1S/C26H18BrNO4/c1-32-25(31)14-10-12-15(13-11-14)28-23(29)21-20-16-6-2-4-8-18(16)26(27,22(21)24(28)30)19-9-5-3-7-17(19)20/h2-13,20-22H,1H3/t20?,21-,22+,26?/m1/s1. The van der Waals surface area contributed by atoms with Crippen molar-refractivity contribution in [1.82, 2.24) is 0 Å². The first-order valence-electron chi connectivity index (χ1n) is 10.4. The highest BCUT2D eigenvalue weighted by atomic mass is 79.9. The van der Waals surface area contributed by atoms with E-state index in [4.69, 9.17) is 4.74 Å². The average molecular weight is 488 g/mol. The van der Waals surface area contributed by atoms with E-state index in [0.29, 0.717) is 11.3 Å². The van der Waals surface area contributed by atoms with Crippen LogP contribution in [0, 0.1) is 11.8 Å². The molecule has 0 aromatic heterocycles. The van der Waals surface area contributed by atoms with Crippen LogP contribution in [0.25, 0.3) is 0 Å². The van der Waals surface area contributed by atoms with Crippen molar-refractivity contribution in [3.8, 4) is 0 Å². The predicted molar refractivity (Wildman–Crippen MR) is 122 cm³/mol. The fraction of sp³-hybridized carbons (Fsp3) is 0.192. The Labute approximate surface area is 193 Å². The van der Waals surface area contributed by atoms with Crippen LogP contribution in [0.1, 0.15) is 38.5 Å². The summed E-state index contributed by atoms with van der Waals surface area (Å²) < 4.78 is 3.98. The number of rotatable bonds is 2. The van der Waals surface area contributed by atoms with E-state index in [1.54, 1.807) is 24.3 Å².